The molecule has 4 nitrogen and oxygen atoms in total. The highest BCUT2D eigenvalue weighted by Gasteiger charge is 2.30. The molecule has 0 fully saturated rings. The predicted molar refractivity (Wildman–Crippen MR) is 170 cm³/mol. The highest BCUT2D eigenvalue weighted by Crippen LogP contribution is 2.33. The number of alkyl halides is 5. The maximum Gasteiger partial charge on any atom is 0.416 e. The van der Waals surface area contributed by atoms with Gasteiger partial charge >= 0.3 is 12.8 Å². The Morgan fingerprint density at radius 1 is 0.783 bits per heavy atom. The largest absolute Gasteiger partial charge is 0.435 e. The molecule has 46 heavy (non-hydrogen) atoms. The highest BCUT2D eigenvalue weighted by molar-refractivity contribution is 5.68. The number of hydrogen-bond donors (Lipinski definition) is 0. The van der Waals surface area contributed by atoms with Crippen molar-refractivity contribution >= 4 is 0 Å². The molecule has 0 aliphatic rings. The first kappa shape index (κ1) is 32.9. The van der Waals surface area contributed by atoms with E-state index in [4.69, 9.17) is 4.98 Å². The molecule has 0 unspecified atom stereocenters. The Hall–Kier alpha value is -4.50. The molecule has 1 heterocycles. The van der Waals surface area contributed by atoms with Crippen LogP contribution in [-0.2, 0) is 32.4 Å². The topological polar surface area (TPSA) is 30.3 Å². The number of halogens is 5. The summed E-state index contributed by atoms with van der Waals surface area (Å²) in [4.78, 5) is 7.24. The molecule has 0 spiro atoms. The lowest BCUT2D eigenvalue weighted by Gasteiger charge is -2.25. The molecule has 0 aliphatic carbocycles. The van der Waals surface area contributed by atoms with E-state index in [1.165, 1.54) is 18.2 Å². The van der Waals surface area contributed by atoms with Crippen molar-refractivity contribution in [2.75, 3.05) is 0 Å². The molecule has 240 valence electrons. The number of benzene rings is 4. The van der Waals surface area contributed by atoms with E-state index in [0.717, 1.165) is 52.8 Å². The van der Waals surface area contributed by atoms with Gasteiger partial charge in [-0.25, -0.2) is 4.98 Å². The van der Waals surface area contributed by atoms with Gasteiger partial charge in [0, 0.05) is 37.3 Å². The van der Waals surface area contributed by atoms with Crippen LogP contribution >= 0.6 is 0 Å². The van der Waals surface area contributed by atoms with E-state index in [1.807, 2.05) is 60.7 Å². The Labute approximate surface area is 266 Å². The first-order chi connectivity index (χ1) is 22.1. The number of rotatable bonds is 13. The minimum absolute atomic E-state index is 0.0830. The number of hydrogen-bond acceptors (Lipinski definition) is 3. The van der Waals surface area contributed by atoms with Gasteiger partial charge in [0.1, 0.15) is 11.6 Å². The number of aryl methyl sites for hydroxylation is 1. The van der Waals surface area contributed by atoms with Crippen LogP contribution in [0.5, 0.6) is 5.75 Å². The van der Waals surface area contributed by atoms with Crippen molar-refractivity contribution in [3.8, 4) is 28.4 Å². The highest BCUT2D eigenvalue weighted by atomic mass is 19.4. The summed E-state index contributed by atoms with van der Waals surface area (Å²) in [6, 6.07) is 30.2. The fourth-order valence-corrected chi connectivity index (χ4v) is 5.62. The third-order valence-corrected chi connectivity index (χ3v) is 7.78. The Balaban J connectivity index is 1.61. The lowest BCUT2D eigenvalue weighted by molar-refractivity contribution is -0.137. The summed E-state index contributed by atoms with van der Waals surface area (Å²) >= 11 is 0. The first-order valence-corrected chi connectivity index (χ1v) is 15.3. The summed E-state index contributed by atoms with van der Waals surface area (Å²) in [5.41, 5.74) is 4.81. The second-order valence-electron chi connectivity index (χ2n) is 11.3. The summed E-state index contributed by atoms with van der Waals surface area (Å²) in [7, 11) is 0. The average Bonchev–Trinajstić information content (AvgIpc) is 3.39. The quantitative estimate of drug-likeness (QED) is 0.121. The maximum absolute atomic E-state index is 13.7. The molecule has 0 aliphatic heterocycles. The van der Waals surface area contributed by atoms with Crippen molar-refractivity contribution < 1.29 is 26.7 Å². The zero-order valence-electron chi connectivity index (χ0n) is 25.8. The second-order valence-corrected chi connectivity index (χ2v) is 11.3. The van der Waals surface area contributed by atoms with Gasteiger partial charge in [0.25, 0.3) is 0 Å². The summed E-state index contributed by atoms with van der Waals surface area (Å²) in [5.74, 6) is 0.908. The van der Waals surface area contributed by atoms with Crippen molar-refractivity contribution in [1.29, 1.82) is 0 Å². The minimum Gasteiger partial charge on any atom is -0.435 e. The fraction of sp³-hybridized carbons (Fsp3) is 0.270. The molecule has 0 amide bonds. The van der Waals surface area contributed by atoms with Crippen LogP contribution in [0.2, 0.25) is 0 Å². The van der Waals surface area contributed by atoms with Gasteiger partial charge in [0.2, 0.25) is 0 Å². The molecule has 4 aromatic carbocycles. The molecule has 1 aromatic heterocycles. The lowest BCUT2D eigenvalue weighted by atomic mass is 10.1. The third-order valence-electron chi connectivity index (χ3n) is 7.78. The Morgan fingerprint density at radius 2 is 1.43 bits per heavy atom. The Kier molecular flexibility index (Phi) is 10.5. The number of unbranched alkanes of at least 4 members (excludes halogenated alkanes) is 1. The van der Waals surface area contributed by atoms with E-state index in [-0.39, 0.29) is 12.3 Å². The summed E-state index contributed by atoms with van der Waals surface area (Å²) < 4.78 is 73.7. The third kappa shape index (κ3) is 8.20. The van der Waals surface area contributed by atoms with Crippen LogP contribution in [0.1, 0.15) is 47.7 Å². The number of ether oxygens (including phenoxy) is 1. The standard InChI is InChI=1S/C37H36F5N3O/c1-3-4-20-45-32(34(29-13-7-5-8-14-29)43-35(45)30-15-9-6-10-16-30)25-44(23-27-12-11-17-31(22-27)37(40,41)42)24-28-18-19-33(26(2)21-28)46-36(38)39/h5-19,21-22,36H,3-4,20,23-25H2,1-2H3. The predicted octanol–water partition coefficient (Wildman–Crippen LogP) is 10.1. The molecule has 0 radical (unpaired) electrons. The molecule has 9 heteroatoms. The van der Waals surface area contributed by atoms with Crippen LogP contribution in [0.15, 0.2) is 103 Å². The van der Waals surface area contributed by atoms with E-state index >= 15 is 0 Å². The van der Waals surface area contributed by atoms with E-state index < -0.39 is 18.4 Å². The minimum atomic E-state index is -4.47. The molecule has 0 saturated carbocycles. The van der Waals surface area contributed by atoms with Gasteiger partial charge in [0.05, 0.1) is 17.0 Å². The van der Waals surface area contributed by atoms with Gasteiger partial charge in [-0.3, -0.25) is 4.90 Å². The summed E-state index contributed by atoms with van der Waals surface area (Å²) in [5, 5.41) is 0. The lowest BCUT2D eigenvalue weighted by Crippen LogP contribution is -2.25. The van der Waals surface area contributed by atoms with Crippen LogP contribution < -0.4 is 4.74 Å². The van der Waals surface area contributed by atoms with Gasteiger partial charge in [-0.05, 0) is 42.2 Å². The van der Waals surface area contributed by atoms with Crippen molar-refractivity contribution in [2.45, 2.75) is 65.7 Å². The van der Waals surface area contributed by atoms with Crippen molar-refractivity contribution in [1.82, 2.24) is 14.5 Å². The zero-order chi connectivity index (χ0) is 32.7. The van der Waals surface area contributed by atoms with Gasteiger partial charge < -0.3 is 9.30 Å². The van der Waals surface area contributed by atoms with Crippen LogP contribution in [0, 0.1) is 6.92 Å². The number of nitrogens with zero attached hydrogens (tertiary/aromatic N) is 3. The average molecular weight is 634 g/mol. The molecule has 5 aromatic rings. The normalized spacial score (nSPS) is 11.8. The monoisotopic (exact) mass is 633 g/mol. The molecular weight excluding hydrogens is 597 g/mol. The number of aromatic nitrogens is 2. The molecule has 0 bridgehead atoms. The van der Waals surface area contributed by atoms with Gasteiger partial charge in [0.15, 0.2) is 0 Å². The van der Waals surface area contributed by atoms with Crippen molar-refractivity contribution in [3.63, 3.8) is 0 Å². The van der Waals surface area contributed by atoms with Crippen LogP contribution in [0.4, 0.5) is 22.0 Å². The smallest absolute Gasteiger partial charge is 0.416 e. The maximum atomic E-state index is 13.7. The van der Waals surface area contributed by atoms with Crippen LogP contribution in [-0.4, -0.2) is 21.1 Å². The Morgan fingerprint density at radius 3 is 2.04 bits per heavy atom. The summed E-state index contributed by atoms with van der Waals surface area (Å²) in [6.45, 7) is 2.52. The summed E-state index contributed by atoms with van der Waals surface area (Å²) in [6.07, 6.45) is -2.59. The SMILES string of the molecule is CCCCn1c(-c2ccccc2)nc(-c2ccccc2)c1CN(Cc1cccc(C(F)(F)F)c1)Cc1ccc(OC(F)F)c(C)c1. The fourth-order valence-electron chi connectivity index (χ4n) is 5.62. The number of imidazole rings is 1. The van der Waals surface area contributed by atoms with Gasteiger partial charge in [-0.2, -0.15) is 22.0 Å². The zero-order valence-corrected chi connectivity index (χ0v) is 25.8. The van der Waals surface area contributed by atoms with E-state index in [2.05, 4.69) is 21.1 Å². The van der Waals surface area contributed by atoms with Gasteiger partial charge in [-0.1, -0.05) is 104 Å². The molecule has 0 atom stereocenters. The van der Waals surface area contributed by atoms with Crippen LogP contribution in [0.25, 0.3) is 22.6 Å². The van der Waals surface area contributed by atoms with Gasteiger partial charge in [-0.15, -0.1) is 0 Å². The van der Waals surface area contributed by atoms with Crippen molar-refractivity contribution in [2.24, 2.45) is 0 Å². The molecule has 0 N–H and O–H groups in total. The van der Waals surface area contributed by atoms with E-state index in [1.54, 1.807) is 25.1 Å². The van der Waals surface area contributed by atoms with E-state index in [0.29, 0.717) is 30.8 Å². The second kappa shape index (κ2) is 14.7. The molecule has 5 rings (SSSR count). The molecule has 0 saturated heterocycles. The Bertz CT molecular complexity index is 1720. The van der Waals surface area contributed by atoms with E-state index in [9.17, 15) is 22.0 Å². The van der Waals surface area contributed by atoms with Crippen molar-refractivity contribution in [3.05, 3.63) is 131 Å². The van der Waals surface area contributed by atoms with Crippen LogP contribution in [0.3, 0.4) is 0 Å². The first-order valence-electron chi connectivity index (χ1n) is 15.3. The molecular formula is C37H36F5N3O.